The van der Waals surface area contributed by atoms with E-state index in [-0.39, 0.29) is 5.78 Å². The van der Waals surface area contributed by atoms with Crippen LogP contribution in [0.2, 0.25) is 0 Å². The molecule has 0 fully saturated rings. The number of para-hydroxylation sites is 1. The second kappa shape index (κ2) is 5.72. The first-order chi connectivity index (χ1) is 10.3. The largest absolute Gasteiger partial charge is 0.497 e. The van der Waals surface area contributed by atoms with Crippen molar-refractivity contribution in [1.29, 1.82) is 0 Å². The molecular formula is C18H14O3. The third kappa shape index (κ3) is 2.90. The van der Waals surface area contributed by atoms with Crippen LogP contribution in [0.4, 0.5) is 0 Å². The molecule has 104 valence electrons. The van der Waals surface area contributed by atoms with Gasteiger partial charge in [0.15, 0.2) is 11.9 Å². The Morgan fingerprint density at radius 2 is 1.90 bits per heavy atom. The molecule has 0 amide bonds. The highest BCUT2D eigenvalue weighted by molar-refractivity contribution is 6.00. The van der Waals surface area contributed by atoms with Gasteiger partial charge < -0.3 is 9.47 Å². The van der Waals surface area contributed by atoms with Crippen LogP contribution in [0.1, 0.15) is 22.3 Å². The van der Waals surface area contributed by atoms with Gasteiger partial charge in [0.2, 0.25) is 0 Å². The van der Waals surface area contributed by atoms with Gasteiger partial charge in [-0.05, 0) is 36.4 Å². The van der Waals surface area contributed by atoms with Crippen LogP contribution in [-0.4, -0.2) is 19.0 Å². The lowest BCUT2D eigenvalue weighted by Gasteiger charge is -2.21. The third-order valence-corrected chi connectivity index (χ3v) is 3.29. The SMILES string of the molecule is COc1ccc(C#C[C@H]2CC(=O)c3ccccc3O2)cc1. The predicted octanol–water partition coefficient (Wildman–Crippen LogP) is 3.08. The first-order valence-electron chi connectivity index (χ1n) is 6.71. The maximum Gasteiger partial charge on any atom is 0.171 e. The lowest BCUT2D eigenvalue weighted by atomic mass is 10.0. The summed E-state index contributed by atoms with van der Waals surface area (Å²) in [5.41, 5.74) is 1.51. The summed E-state index contributed by atoms with van der Waals surface area (Å²) in [5, 5.41) is 0. The van der Waals surface area contributed by atoms with Crippen molar-refractivity contribution in [1.82, 2.24) is 0 Å². The first kappa shape index (κ1) is 13.3. The zero-order chi connectivity index (χ0) is 14.7. The summed E-state index contributed by atoms with van der Waals surface area (Å²) in [5.74, 6) is 7.53. The molecule has 0 unspecified atom stereocenters. The molecule has 2 aromatic rings. The molecule has 0 aliphatic carbocycles. The molecule has 1 aliphatic rings. The zero-order valence-corrected chi connectivity index (χ0v) is 11.6. The van der Waals surface area contributed by atoms with Crippen LogP contribution in [0.5, 0.6) is 11.5 Å². The van der Waals surface area contributed by atoms with E-state index >= 15 is 0 Å². The van der Waals surface area contributed by atoms with Crippen LogP contribution in [0.3, 0.4) is 0 Å². The lowest BCUT2D eigenvalue weighted by Crippen LogP contribution is -2.25. The number of hydrogen-bond donors (Lipinski definition) is 0. The fraction of sp³-hybridized carbons (Fsp3) is 0.167. The fourth-order valence-electron chi connectivity index (χ4n) is 2.19. The number of benzene rings is 2. The summed E-state index contributed by atoms with van der Waals surface area (Å²) in [6, 6.07) is 14.7. The quantitative estimate of drug-likeness (QED) is 0.752. The summed E-state index contributed by atoms with van der Waals surface area (Å²) >= 11 is 0. The first-order valence-corrected chi connectivity index (χ1v) is 6.71. The number of Topliss-reactive ketones (excluding diaryl/α,β-unsaturated/α-hetero) is 1. The van der Waals surface area contributed by atoms with Gasteiger partial charge >= 0.3 is 0 Å². The van der Waals surface area contributed by atoms with Crippen LogP contribution in [-0.2, 0) is 0 Å². The molecular weight excluding hydrogens is 264 g/mol. The predicted molar refractivity (Wildman–Crippen MR) is 79.7 cm³/mol. The van der Waals surface area contributed by atoms with Crippen LogP contribution in [0, 0.1) is 11.8 Å². The fourth-order valence-corrected chi connectivity index (χ4v) is 2.19. The van der Waals surface area contributed by atoms with Gasteiger partial charge in [0.05, 0.1) is 19.1 Å². The van der Waals surface area contributed by atoms with Gasteiger partial charge in [0, 0.05) is 5.56 Å². The van der Waals surface area contributed by atoms with Crippen molar-refractivity contribution in [3.63, 3.8) is 0 Å². The standard InChI is InChI=1S/C18H14O3/c1-20-14-9-6-13(7-10-14)8-11-15-12-17(19)16-4-2-3-5-18(16)21-15/h2-7,9-10,15H,12H2,1H3/t15-/m0/s1. The van der Waals surface area contributed by atoms with Gasteiger partial charge in [-0.2, -0.15) is 0 Å². The van der Waals surface area contributed by atoms with E-state index in [0.717, 1.165) is 11.3 Å². The Kier molecular flexibility index (Phi) is 3.61. The van der Waals surface area contributed by atoms with Gasteiger partial charge in [-0.1, -0.05) is 24.0 Å². The van der Waals surface area contributed by atoms with Gasteiger partial charge in [0.25, 0.3) is 0 Å². The summed E-state index contributed by atoms with van der Waals surface area (Å²) in [6.45, 7) is 0. The van der Waals surface area contributed by atoms with Crippen molar-refractivity contribution in [2.24, 2.45) is 0 Å². The Morgan fingerprint density at radius 1 is 1.14 bits per heavy atom. The molecule has 1 atom stereocenters. The van der Waals surface area contributed by atoms with E-state index in [9.17, 15) is 4.79 Å². The Morgan fingerprint density at radius 3 is 2.67 bits per heavy atom. The van der Waals surface area contributed by atoms with Crippen LogP contribution >= 0.6 is 0 Å². The van der Waals surface area contributed by atoms with Gasteiger partial charge in [0.1, 0.15) is 11.5 Å². The Hall–Kier alpha value is -2.73. The molecule has 0 saturated carbocycles. The third-order valence-electron chi connectivity index (χ3n) is 3.29. The number of methoxy groups -OCH3 is 1. The Bertz CT molecular complexity index is 720. The highest BCUT2D eigenvalue weighted by atomic mass is 16.5. The average molecular weight is 278 g/mol. The van der Waals surface area contributed by atoms with Crippen molar-refractivity contribution in [2.45, 2.75) is 12.5 Å². The van der Waals surface area contributed by atoms with Crippen LogP contribution in [0.15, 0.2) is 48.5 Å². The van der Waals surface area contributed by atoms with E-state index in [4.69, 9.17) is 9.47 Å². The van der Waals surface area contributed by atoms with Gasteiger partial charge in [-0.25, -0.2) is 0 Å². The smallest absolute Gasteiger partial charge is 0.171 e. The molecule has 0 bridgehead atoms. The number of hydrogen-bond acceptors (Lipinski definition) is 3. The van der Waals surface area contributed by atoms with Gasteiger partial charge in [-0.3, -0.25) is 4.79 Å². The number of carbonyl (C=O) groups excluding carboxylic acids is 1. The molecule has 21 heavy (non-hydrogen) atoms. The Labute approximate surface area is 123 Å². The van der Waals surface area contributed by atoms with Crippen LogP contribution < -0.4 is 9.47 Å². The topological polar surface area (TPSA) is 35.5 Å². The van der Waals surface area contributed by atoms with E-state index in [2.05, 4.69) is 11.8 Å². The molecule has 3 heteroatoms. The highest BCUT2D eigenvalue weighted by Crippen LogP contribution is 2.26. The van der Waals surface area contributed by atoms with Crippen molar-refractivity contribution in [3.8, 4) is 23.3 Å². The van der Waals surface area contributed by atoms with Crippen molar-refractivity contribution < 1.29 is 14.3 Å². The average Bonchev–Trinajstić information content (AvgIpc) is 2.53. The molecule has 0 saturated heterocycles. The van der Waals surface area contributed by atoms with Crippen LogP contribution in [0.25, 0.3) is 0 Å². The van der Waals surface area contributed by atoms with Gasteiger partial charge in [-0.15, -0.1) is 0 Å². The highest BCUT2D eigenvalue weighted by Gasteiger charge is 2.24. The minimum Gasteiger partial charge on any atom is -0.497 e. The number of fused-ring (bicyclic) bond motifs is 1. The molecule has 0 N–H and O–H groups in total. The Balaban J connectivity index is 1.78. The summed E-state index contributed by atoms with van der Waals surface area (Å²) in [7, 11) is 1.62. The maximum atomic E-state index is 12.0. The molecule has 0 spiro atoms. The number of ether oxygens (including phenoxy) is 2. The molecule has 1 aliphatic heterocycles. The normalized spacial score (nSPS) is 16.2. The van der Waals surface area contributed by atoms with E-state index < -0.39 is 6.10 Å². The molecule has 2 aromatic carbocycles. The van der Waals surface area contributed by atoms with E-state index in [1.165, 1.54) is 0 Å². The van der Waals surface area contributed by atoms with E-state index in [0.29, 0.717) is 17.7 Å². The maximum absolute atomic E-state index is 12.0. The van der Waals surface area contributed by atoms with Crippen molar-refractivity contribution in [3.05, 3.63) is 59.7 Å². The van der Waals surface area contributed by atoms with Crippen molar-refractivity contribution in [2.75, 3.05) is 7.11 Å². The molecule has 1 heterocycles. The zero-order valence-electron chi connectivity index (χ0n) is 11.6. The van der Waals surface area contributed by atoms with Crippen molar-refractivity contribution >= 4 is 5.78 Å². The molecule has 3 rings (SSSR count). The second-order valence-corrected chi connectivity index (χ2v) is 4.73. The lowest BCUT2D eigenvalue weighted by molar-refractivity contribution is 0.0900. The summed E-state index contributed by atoms with van der Waals surface area (Å²) in [4.78, 5) is 12.0. The molecule has 0 aromatic heterocycles. The van der Waals surface area contributed by atoms with E-state index in [1.54, 1.807) is 19.2 Å². The molecule has 3 nitrogen and oxygen atoms in total. The minimum absolute atomic E-state index is 0.0749. The monoisotopic (exact) mass is 278 g/mol. The minimum atomic E-state index is -0.394. The number of carbonyl (C=O) groups is 1. The summed E-state index contributed by atoms with van der Waals surface area (Å²) < 4.78 is 10.8. The second-order valence-electron chi connectivity index (χ2n) is 4.73. The summed E-state index contributed by atoms with van der Waals surface area (Å²) in [6.07, 6.45) is -0.102. The number of rotatable bonds is 1. The van der Waals surface area contributed by atoms with E-state index in [1.807, 2.05) is 36.4 Å². The molecule has 0 radical (unpaired) electrons. The number of ketones is 1.